The predicted molar refractivity (Wildman–Crippen MR) is 89.6 cm³/mol. The monoisotopic (exact) mass is 329 g/mol. The maximum Gasteiger partial charge on any atom is 0.249 e. The van der Waals surface area contributed by atoms with E-state index in [1.165, 1.54) is 0 Å². The molecule has 1 amide bonds. The van der Waals surface area contributed by atoms with Crippen LogP contribution >= 0.6 is 0 Å². The van der Waals surface area contributed by atoms with Crippen LogP contribution in [0.5, 0.6) is 0 Å². The van der Waals surface area contributed by atoms with Crippen LogP contribution in [-0.2, 0) is 16.1 Å². The lowest BCUT2D eigenvalue weighted by Gasteiger charge is -2.12. The number of rotatable bonds is 5. The second-order valence-electron chi connectivity index (χ2n) is 6.14. The van der Waals surface area contributed by atoms with E-state index < -0.39 is 0 Å². The highest BCUT2D eigenvalue weighted by atomic mass is 16.5. The van der Waals surface area contributed by atoms with E-state index in [0.29, 0.717) is 13.1 Å². The molecule has 0 aliphatic carbocycles. The molecule has 7 nitrogen and oxygen atoms in total. The van der Waals surface area contributed by atoms with Gasteiger partial charge in [-0.2, -0.15) is 5.10 Å². The molecule has 128 valence electrons. The van der Waals surface area contributed by atoms with Crippen molar-refractivity contribution in [3.8, 4) is 5.82 Å². The molecule has 0 aromatic carbocycles. The molecule has 2 aromatic rings. The minimum absolute atomic E-state index is 0.00228. The number of aromatic nitrogens is 3. The van der Waals surface area contributed by atoms with E-state index in [-0.39, 0.29) is 18.1 Å². The number of ether oxygens (including phenoxy) is 1. The van der Waals surface area contributed by atoms with Crippen molar-refractivity contribution in [1.29, 1.82) is 0 Å². The van der Waals surface area contributed by atoms with Gasteiger partial charge in [0, 0.05) is 25.0 Å². The first-order valence-corrected chi connectivity index (χ1v) is 8.18. The molecular formula is C17H23N5O2. The van der Waals surface area contributed by atoms with Gasteiger partial charge in [-0.3, -0.25) is 4.79 Å². The van der Waals surface area contributed by atoms with Gasteiger partial charge in [-0.25, -0.2) is 9.67 Å². The van der Waals surface area contributed by atoms with Crippen LogP contribution in [-0.4, -0.2) is 39.4 Å². The molecular weight excluding hydrogens is 306 g/mol. The second-order valence-corrected chi connectivity index (χ2v) is 6.14. The minimum atomic E-state index is -0.388. The third kappa shape index (κ3) is 3.63. The summed E-state index contributed by atoms with van der Waals surface area (Å²) in [5.41, 5.74) is 8.49. The number of aryl methyl sites for hydroxylation is 2. The van der Waals surface area contributed by atoms with Crippen molar-refractivity contribution in [1.82, 2.24) is 20.1 Å². The lowest BCUT2D eigenvalue weighted by atomic mass is 10.2. The van der Waals surface area contributed by atoms with Crippen LogP contribution in [0.1, 0.15) is 29.8 Å². The van der Waals surface area contributed by atoms with Crippen molar-refractivity contribution in [3.63, 3.8) is 0 Å². The number of nitrogens with two attached hydrogens (primary N) is 1. The molecule has 1 aliphatic heterocycles. The predicted octanol–water partition coefficient (Wildman–Crippen LogP) is 1.01. The van der Waals surface area contributed by atoms with Crippen molar-refractivity contribution in [2.45, 2.75) is 45.4 Å². The first-order chi connectivity index (χ1) is 11.6. The standard InChI is InChI=1S/C17H23N5O2/c1-11-7-12(2)22(21-11)16-6-3-13(9-19-16)10-20-17(23)15-5-4-14(8-18)24-15/h3,6-7,9,14-15H,4-5,8,10,18H2,1-2H3,(H,20,23)/t14-,15+/m1/s1. The molecule has 7 heteroatoms. The number of carbonyl (C=O) groups is 1. The summed E-state index contributed by atoms with van der Waals surface area (Å²) in [7, 11) is 0. The quantitative estimate of drug-likeness (QED) is 0.853. The maximum absolute atomic E-state index is 12.1. The third-order valence-electron chi connectivity index (χ3n) is 4.17. The summed E-state index contributed by atoms with van der Waals surface area (Å²) in [6.45, 7) is 4.83. The van der Waals surface area contributed by atoms with Gasteiger partial charge in [0.05, 0.1) is 11.8 Å². The van der Waals surface area contributed by atoms with Gasteiger partial charge in [0.15, 0.2) is 5.82 Å². The third-order valence-corrected chi connectivity index (χ3v) is 4.17. The van der Waals surface area contributed by atoms with Crippen molar-refractivity contribution in [2.75, 3.05) is 6.54 Å². The van der Waals surface area contributed by atoms with E-state index in [0.717, 1.165) is 35.6 Å². The number of nitrogens with one attached hydrogen (secondary N) is 1. The van der Waals surface area contributed by atoms with Crippen LogP contribution in [0.25, 0.3) is 5.82 Å². The zero-order valence-electron chi connectivity index (χ0n) is 14.0. The summed E-state index contributed by atoms with van der Waals surface area (Å²) in [6.07, 6.45) is 2.93. The smallest absolute Gasteiger partial charge is 0.249 e. The Bertz CT molecular complexity index is 710. The maximum atomic E-state index is 12.1. The number of hydrogen-bond acceptors (Lipinski definition) is 5. The van der Waals surface area contributed by atoms with Crippen LogP contribution in [0.2, 0.25) is 0 Å². The van der Waals surface area contributed by atoms with Gasteiger partial charge in [0.25, 0.3) is 0 Å². The van der Waals surface area contributed by atoms with E-state index >= 15 is 0 Å². The van der Waals surface area contributed by atoms with Crippen molar-refractivity contribution in [3.05, 3.63) is 41.3 Å². The molecule has 3 rings (SSSR count). The highest BCUT2D eigenvalue weighted by Crippen LogP contribution is 2.19. The van der Waals surface area contributed by atoms with Gasteiger partial charge in [-0.05, 0) is 44.4 Å². The van der Waals surface area contributed by atoms with Crippen LogP contribution in [0.3, 0.4) is 0 Å². The van der Waals surface area contributed by atoms with Crippen molar-refractivity contribution in [2.24, 2.45) is 5.73 Å². The van der Waals surface area contributed by atoms with Gasteiger partial charge in [0.1, 0.15) is 6.10 Å². The van der Waals surface area contributed by atoms with Gasteiger partial charge in [-0.1, -0.05) is 6.07 Å². The number of hydrogen-bond donors (Lipinski definition) is 2. The van der Waals surface area contributed by atoms with Gasteiger partial charge < -0.3 is 15.8 Å². The first kappa shape index (κ1) is 16.6. The summed E-state index contributed by atoms with van der Waals surface area (Å²) in [5, 5.41) is 7.30. The molecule has 2 atom stereocenters. The molecule has 2 aromatic heterocycles. The Balaban J connectivity index is 1.57. The molecule has 0 saturated carbocycles. The largest absolute Gasteiger partial charge is 0.364 e. The number of amides is 1. The summed E-state index contributed by atoms with van der Waals surface area (Å²) < 4.78 is 7.39. The average molecular weight is 329 g/mol. The summed E-state index contributed by atoms with van der Waals surface area (Å²) in [6, 6.07) is 5.85. The fourth-order valence-corrected chi connectivity index (χ4v) is 2.88. The fraction of sp³-hybridized carbons (Fsp3) is 0.471. The van der Waals surface area contributed by atoms with Crippen LogP contribution in [0, 0.1) is 13.8 Å². The summed E-state index contributed by atoms with van der Waals surface area (Å²) in [5.74, 6) is 0.675. The Morgan fingerprint density at radius 3 is 2.83 bits per heavy atom. The van der Waals surface area contributed by atoms with Crippen LogP contribution in [0.15, 0.2) is 24.4 Å². The zero-order valence-corrected chi connectivity index (χ0v) is 14.0. The van der Waals surface area contributed by atoms with Gasteiger partial charge in [-0.15, -0.1) is 0 Å². The molecule has 0 spiro atoms. The van der Waals surface area contributed by atoms with Gasteiger partial charge >= 0.3 is 0 Å². The SMILES string of the molecule is Cc1cc(C)n(-c2ccc(CNC(=O)[C@@H]3CC[C@H](CN)O3)cn2)n1. The number of pyridine rings is 1. The highest BCUT2D eigenvalue weighted by molar-refractivity contribution is 5.81. The second kappa shape index (κ2) is 7.11. The molecule has 0 unspecified atom stereocenters. The van der Waals surface area contributed by atoms with E-state index in [1.54, 1.807) is 10.9 Å². The Labute approximate surface area is 141 Å². The zero-order chi connectivity index (χ0) is 17.1. The Morgan fingerprint density at radius 1 is 1.42 bits per heavy atom. The van der Waals surface area contributed by atoms with Gasteiger partial charge in [0.2, 0.25) is 5.91 Å². The molecule has 24 heavy (non-hydrogen) atoms. The van der Waals surface area contributed by atoms with Crippen molar-refractivity contribution < 1.29 is 9.53 Å². The fourth-order valence-electron chi connectivity index (χ4n) is 2.88. The molecule has 1 aliphatic rings. The van der Waals surface area contributed by atoms with E-state index in [2.05, 4.69) is 15.4 Å². The Morgan fingerprint density at radius 2 is 2.25 bits per heavy atom. The van der Waals surface area contributed by atoms with Crippen LogP contribution < -0.4 is 11.1 Å². The first-order valence-electron chi connectivity index (χ1n) is 8.18. The molecule has 1 saturated heterocycles. The number of nitrogens with zero attached hydrogens (tertiary/aromatic N) is 3. The molecule has 1 fully saturated rings. The normalized spacial score (nSPS) is 20.3. The van der Waals surface area contributed by atoms with E-state index in [4.69, 9.17) is 10.5 Å². The lowest BCUT2D eigenvalue weighted by molar-refractivity contribution is -0.132. The van der Waals surface area contributed by atoms with E-state index in [9.17, 15) is 4.79 Å². The van der Waals surface area contributed by atoms with Crippen LogP contribution in [0.4, 0.5) is 0 Å². The average Bonchev–Trinajstić information content (AvgIpc) is 3.19. The van der Waals surface area contributed by atoms with Crippen molar-refractivity contribution >= 4 is 5.91 Å². The molecule has 0 radical (unpaired) electrons. The summed E-state index contributed by atoms with van der Waals surface area (Å²) in [4.78, 5) is 16.5. The summed E-state index contributed by atoms with van der Waals surface area (Å²) >= 11 is 0. The lowest BCUT2D eigenvalue weighted by Crippen LogP contribution is -2.35. The minimum Gasteiger partial charge on any atom is -0.364 e. The highest BCUT2D eigenvalue weighted by Gasteiger charge is 2.29. The Hall–Kier alpha value is -2.25. The molecule has 3 N–H and O–H groups in total. The topological polar surface area (TPSA) is 95.1 Å². The number of carbonyl (C=O) groups excluding carboxylic acids is 1. The Kier molecular flexibility index (Phi) is 4.92. The molecule has 3 heterocycles. The molecule has 0 bridgehead atoms. The van der Waals surface area contributed by atoms with E-state index in [1.807, 2.05) is 32.0 Å².